The highest BCUT2D eigenvalue weighted by Gasteiger charge is 1.96. The van der Waals surface area contributed by atoms with Gasteiger partial charge < -0.3 is 0 Å². The summed E-state index contributed by atoms with van der Waals surface area (Å²) in [5.41, 5.74) is 0. The van der Waals surface area contributed by atoms with Crippen molar-refractivity contribution < 1.29 is 4.79 Å². The van der Waals surface area contributed by atoms with Crippen molar-refractivity contribution in [1.82, 2.24) is 0 Å². The van der Waals surface area contributed by atoms with Crippen molar-refractivity contribution >= 4 is 36.3 Å². The lowest BCUT2D eigenvalue weighted by Crippen LogP contribution is -1.93. The zero-order chi connectivity index (χ0) is 5.82. The molecule has 0 radical (unpaired) electrons. The van der Waals surface area contributed by atoms with Gasteiger partial charge in [-0.2, -0.15) is 0 Å². The van der Waals surface area contributed by atoms with E-state index in [9.17, 15) is 4.79 Å². The van der Waals surface area contributed by atoms with Crippen LogP contribution in [0.5, 0.6) is 0 Å². The molecule has 0 atom stereocenters. The van der Waals surface area contributed by atoms with Gasteiger partial charge in [-0.3, -0.25) is 4.79 Å². The number of carbonyl (C=O) groups excluding carboxylic acids is 1. The van der Waals surface area contributed by atoms with Crippen molar-refractivity contribution in [3.63, 3.8) is 0 Å². The summed E-state index contributed by atoms with van der Waals surface area (Å²) >= 11 is 1.47. The van der Waals surface area contributed by atoms with Crippen LogP contribution in [-0.2, 0) is 4.79 Å². The summed E-state index contributed by atoms with van der Waals surface area (Å²) in [6.45, 7) is 0. The van der Waals surface area contributed by atoms with E-state index in [-0.39, 0.29) is 18.3 Å². The Bertz CT molecular complexity index is 155. The predicted octanol–water partition coefficient (Wildman–Crippen LogP) is 1.27. The molecule has 0 bridgehead atoms. The zero-order valence-corrected chi connectivity index (χ0v) is 6.24. The smallest absolute Gasteiger partial charge is 0.255 e. The number of carbonyl (C=O) groups is 1. The van der Waals surface area contributed by atoms with Crippen molar-refractivity contribution in [3.05, 3.63) is 11.5 Å². The summed E-state index contributed by atoms with van der Waals surface area (Å²) in [4.78, 5) is 14.0. The van der Waals surface area contributed by atoms with Gasteiger partial charge in [0.25, 0.3) is 5.91 Å². The van der Waals surface area contributed by atoms with E-state index in [0.29, 0.717) is 5.75 Å². The van der Waals surface area contributed by atoms with Crippen LogP contribution in [0.25, 0.3) is 0 Å². The fourth-order valence-electron chi connectivity index (χ4n) is 0.374. The lowest BCUT2D eigenvalue weighted by atomic mass is 10.7. The minimum atomic E-state index is -0.0556. The van der Waals surface area contributed by atoms with Crippen LogP contribution >= 0.6 is 24.2 Å². The molecule has 0 saturated heterocycles. The molecule has 0 saturated carbocycles. The van der Waals surface area contributed by atoms with Crippen molar-refractivity contribution in [2.75, 3.05) is 5.75 Å². The van der Waals surface area contributed by atoms with Crippen molar-refractivity contribution in [2.45, 2.75) is 0 Å². The Labute approximate surface area is 63.8 Å². The molecule has 1 aliphatic heterocycles. The molecule has 4 heteroatoms. The Morgan fingerprint density at radius 1 is 1.67 bits per heavy atom. The van der Waals surface area contributed by atoms with Crippen LogP contribution in [0.2, 0.25) is 0 Å². The van der Waals surface area contributed by atoms with Gasteiger partial charge in [-0.25, -0.2) is 4.99 Å². The maximum Gasteiger partial charge on any atom is 0.255 e. The van der Waals surface area contributed by atoms with E-state index < -0.39 is 0 Å². The predicted molar refractivity (Wildman–Crippen MR) is 42.3 cm³/mol. The number of nitrogens with zero attached hydrogens (tertiary/aromatic N) is 1. The molecular formula is C5H6ClNOS. The molecule has 1 heterocycles. The van der Waals surface area contributed by atoms with Gasteiger partial charge in [0.1, 0.15) is 0 Å². The molecule has 0 fully saturated rings. The van der Waals surface area contributed by atoms with Crippen LogP contribution in [0.15, 0.2) is 16.5 Å². The van der Waals surface area contributed by atoms with Gasteiger partial charge >= 0.3 is 0 Å². The summed E-state index contributed by atoms with van der Waals surface area (Å²) in [5.74, 6) is 0.424. The first-order valence-corrected chi connectivity index (χ1v) is 3.28. The van der Waals surface area contributed by atoms with Crippen molar-refractivity contribution in [2.24, 2.45) is 4.99 Å². The first-order chi connectivity index (χ1) is 3.89. The molecule has 2 nitrogen and oxygen atoms in total. The van der Waals surface area contributed by atoms with Crippen LogP contribution in [0.3, 0.4) is 0 Å². The first kappa shape index (κ1) is 8.72. The molecule has 50 valence electrons. The van der Waals surface area contributed by atoms with Crippen LogP contribution in [0.4, 0.5) is 0 Å². The van der Waals surface area contributed by atoms with E-state index in [1.807, 2.05) is 5.41 Å². The minimum absolute atomic E-state index is 0. The van der Waals surface area contributed by atoms with Crippen LogP contribution < -0.4 is 0 Å². The molecule has 0 aromatic heterocycles. The Kier molecular flexibility index (Phi) is 4.44. The molecular weight excluding hydrogens is 158 g/mol. The van der Waals surface area contributed by atoms with Gasteiger partial charge in [0, 0.05) is 6.21 Å². The Morgan fingerprint density at radius 2 is 2.44 bits per heavy atom. The monoisotopic (exact) mass is 163 g/mol. The van der Waals surface area contributed by atoms with Gasteiger partial charge in [-0.05, 0) is 11.5 Å². The average molecular weight is 164 g/mol. The van der Waals surface area contributed by atoms with Gasteiger partial charge in [0.05, 0.1) is 5.75 Å². The number of thioether (sulfide) groups is 1. The number of aliphatic imine (C=N–C) groups is 1. The number of rotatable bonds is 0. The lowest BCUT2D eigenvalue weighted by Gasteiger charge is -1.82. The molecule has 9 heavy (non-hydrogen) atoms. The summed E-state index contributed by atoms with van der Waals surface area (Å²) in [5, 5.41) is 1.86. The highest BCUT2D eigenvalue weighted by Crippen LogP contribution is 2.03. The average Bonchev–Trinajstić information content (AvgIpc) is 1.94. The van der Waals surface area contributed by atoms with E-state index in [2.05, 4.69) is 4.99 Å². The fourth-order valence-corrected chi connectivity index (χ4v) is 0.868. The van der Waals surface area contributed by atoms with Crippen molar-refractivity contribution in [1.29, 1.82) is 0 Å². The van der Waals surface area contributed by atoms with E-state index >= 15 is 0 Å². The molecule has 1 amide bonds. The van der Waals surface area contributed by atoms with Gasteiger partial charge in [0.15, 0.2) is 0 Å². The molecule has 1 rings (SSSR count). The lowest BCUT2D eigenvalue weighted by molar-refractivity contribution is -0.115. The van der Waals surface area contributed by atoms with Crippen LogP contribution in [0, 0.1) is 0 Å². The quantitative estimate of drug-likeness (QED) is 0.538. The maximum atomic E-state index is 10.4. The van der Waals surface area contributed by atoms with Gasteiger partial charge in [-0.15, -0.1) is 24.2 Å². The Balaban J connectivity index is 0.000000640. The molecule has 0 aliphatic carbocycles. The Morgan fingerprint density at radius 3 is 3.22 bits per heavy atom. The second kappa shape index (κ2) is 4.58. The van der Waals surface area contributed by atoms with E-state index in [1.165, 1.54) is 18.0 Å². The third-order valence-electron chi connectivity index (χ3n) is 0.686. The summed E-state index contributed by atoms with van der Waals surface area (Å²) in [7, 11) is 0. The second-order valence-electron chi connectivity index (χ2n) is 1.31. The largest absolute Gasteiger partial charge is 0.272 e. The van der Waals surface area contributed by atoms with Gasteiger partial charge in [-0.1, -0.05) is 0 Å². The van der Waals surface area contributed by atoms with E-state index in [1.54, 1.807) is 6.08 Å². The molecule has 1 aliphatic rings. The number of hydrogen-bond acceptors (Lipinski definition) is 2. The Hall–Kier alpha value is -0.280. The second-order valence-corrected chi connectivity index (χ2v) is 2.21. The number of hydrogen-bond donors (Lipinski definition) is 0. The molecule has 0 aromatic rings. The standard InChI is InChI=1S/C5H5NOS.ClH/c7-5-4-8-3-1-2-6-5;/h1-3H,4H2;1H. The zero-order valence-electron chi connectivity index (χ0n) is 4.61. The summed E-state index contributed by atoms with van der Waals surface area (Å²) < 4.78 is 0. The topological polar surface area (TPSA) is 29.4 Å². The molecule has 0 spiro atoms. The fraction of sp³-hybridized carbons (Fsp3) is 0.200. The minimum Gasteiger partial charge on any atom is -0.272 e. The first-order valence-electron chi connectivity index (χ1n) is 2.23. The summed E-state index contributed by atoms with van der Waals surface area (Å²) in [6.07, 6.45) is 3.28. The number of halogens is 1. The number of allylic oxidation sites excluding steroid dienone is 1. The van der Waals surface area contributed by atoms with E-state index in [0.717, 1.165) is 0 Å². The highest BCUT2D eigenvalue weighted by molar-refractivity contribution is 8.02. The molecule has 0 unspecified atom stereocenters. The molecule has 0 aromatic carbocycles. The van der Waals surface area contributed by atoms with Crippen LogP contribution in [-0.4, -0.2) is 17.9 Å². The van der Waals surface area contributed by atoms with Crippen molar-refractivity contribution in [3.8, 4) is 0 Å². The number of amides is 1. The normalized spacial score (nSPS) is 16.7. The highest BCUT2D eigenvalue weighted by atomic mass is 35.5. The third kappa shape index (κ3) is 3.32. The maximum absolute atomic E-state index is 10.4. The molecule has 0 N–H and O–H groups in total. The van der Waals surface area contributed by atoms with Gasteiger partial charge in [0.2, 0.25) is 0 Å². The van der Waals surface area contributed by atoms with E-state index in [4.69, 9.17) is 0 Å². The third-order valence-corrected chi connectivity index (χ3v) is 1.45. The van der Waals surface area contributed by atoms with Crippen LogP contribution in [0.1, 0.15) is 0 Å². The SMILES string of the molecule is Cl.O=C1CSC=CC=N1. The summed E-state index contributed by atoms with van der Waals surface area (Å²) in [6, 6.07) is 0.